The Balaban J connectivity index is 1.68. The minimum absolute atomic E-state index is 0.0996. The van der Waals surface area contributed by atoms with E-state index >= 15 is 0 Å². The number of para-hydroxylation sites is 1. The van der Waals surface area contributed by atoms with E-state index in [1.165, 1.54) is 0 Å². The molecule has 6 rings (SSSR count). The second-order valence-corrected chi connectivity index (χ2v) is 14.0. The summed E-state index contributed by atoms with van der Waals surface area (Å²) in [4.78, 5) is 2.28. The highest BCUT2D eigenvalue weighted by molar-refractivity contribution is 8.33. The predicted octanol–water partition coefficient (Wildman–Crippen LogP) is 9.23. The smallest absolute Gasteiger partial charge is 0.307 e. The quantitative estimate of drug-likeness (QED) is 0.148. The highest BCUT2D eigenvalue weighted by atomic mass is 32.3. The first-order chi connectivity index (χ1) is 18.9. The molecule has 0 fully saturated rings. The van der Waals surface area contributed by atoms with Crippen LogP contribution in [0.5, 0.6) is 0 Å². The van der Waals surface area contributed by atoms with Crippen LogP contribution in [0.15, 0.2) is 151 Å². The van der Waals surface area contributed by atoms with Crippen molar-refractivity contribution in [2.75, 3.05) is 0 Å². The van der Waals surface area contributed by atoms with Crippen molar-refractivity contribution in [2.24, 2.45) is 0 Å². The Morgan fingerprint density at radius 3 is 1.77 bits per heavy atom. The van der Waals surface area contributed by atoms with Crippen LogP contribution in [0.1, 0.15) is 5.56 Å². The monoisotopic (exact) mass is 568 g/mol. The Hall–Kier alpha value is -3.75. The summed E-state index contributed by atoms with van der Waals surface area (Å²) in [6, 6.07) is 39.0. The van der Waals surface area contributed by atoms with Gasteiger partial charge in [0.2, 0.25) is 0 Å². The Labute approximate surface area is 234 Å². The molecule has 6 aromatic rings. The summed E-state index contributed by atoms with van der Waals surface area (Å²) in [5.41, 5.74) is 2.28. The molecule has 0 amide bonds. The highest BCUT2D eigenvalue weighted by Crippen LogP contribution is 2.70. The van der Waals surface area contributed by atoms with Gasteiger partial charge >= 0.3 is 10.1 Å². The van der Waals surface area contributed by atoms with E-state index in [2.05, 4.69) is 0 Å². The number of rotatable bonds is 6. The van der Waals surface area contributed by atoms with E-state index in [9.17, 15) is 8.42 Å². The maximum atomic E-state index is 13.9. The first-order valence-electron chi connectivity index (χ1n) is 12.3. The summed E-state index contributed by atoms with van der Waals surface area (Å²) in [6.45, 7) is 1.91. The van der Waals surface area contributed by atoms with E-state index in [0.717, 1.165) is 26.1 Å². The third-order valence-corrected chi connectivity index (χ3v) is 12.1. The van der Waals surface area contributed by atoms with Gasteiger partial charge in [0.1, 0.15) is 11.2 Å². The molecule has 0 saturated carbocycles. The lowest BCUT2D eigenvalue weighted by molar-refractivity contribution is 0.508. The molecule has 4 nitrogen and oxygen atoms in total. The molecular weight excluding hydrogens is 545 g/mol. The molecule has 1 heterocycles. The average Bonchev–Trinajstić information content (AvgIpc) is 2.97. The topological polar surface area (TPSA) is 56.5 Å². The molecule has 0 aliphatic carbocycles. The van der Waals surface area contributed by atoms with Gasteiger partial charge in [-0.3, -0.25) is 0 Å². The fourth-order valence-corrected chi connectivity index (χ4v) is 10.2. The Morgan fingerprint density at radius 1 is 0.590 bits per heavy atom. The molecule has 194 valence electrons. The maximum absolute atomic E-state index is 13.9. The fraction of sp³-hybridized carbons (Fsp3) is 0.0312. The maximum Gasteiger partial charge on any atom is 0.307 e. The van der Waals surface area contributed by atoms with E-state index in [1.54, 1.807) is 24.3 Å². The van der Waals surface area contributed by atoms with Crippen molar-refractivity contribution in [3.8, 4) is 0 Å². The van der Waals surface area contributed by atoms with Crippen molar-refractivity contribution >= 4 is 54.6 Å². The van der Waals surface area contributed by atoms with Gasteiger partial charge in [0.25, 0.3) is 0 Å². The van der Waals surface area contributed by atoms with Gasteiger partial charge < -0.3 is 4.42 Å². The number of fused-ring (bicyclic) bond motifs is 2. The molecule has 1 aromatic heterocycles. The van der Waals surface area contributed by atoms with Gasteiger partial charge in [-0.25, -0.2) is 3.63 Å². The van der Waals surface area contributed by atoms with Gasteiger partial charge in [-0.05, 0) is 84.0 Å². The Kier molecular flexibility index (Phi) is 6.61. The van der Waals surface area contributed by atoms with Crippen LogP contribution < -0.4 is 0 Å². The van der Waals surface area contributed by atoms with Gasteiger partial charge in [-0.1, -0.05) is 78.4 Å². The zero-order valence-corrected chi connectivity index (χ0v) is 23.4. The molecule has 0 atom stereocenters. The minimum atomic E-state index is -4.19. The number of hydrogen-bond donors (Lipinski definition) is 0. The van der Waals surface area contributed by atoms with E-state index in [-0.39, 0.29) is 4.90 Å². The van der Waals surface area contributed by atoms with Crippen molar-refractivity contribution in [1.29, 1.82) is 0 Å². The summed E-state index contributed by atoms with van der Waals surface area (Å²) in [5, 5.41) is 1.55. The molecule has 0 aliphatic rings. The zero-order chi connectivity index (χ0) is 27.0. The molecule has 39 heavy (non-hydrogen) atoms. The molecular formula is C32H24O4S3. The third kappa shape index (κ3) is 4.57. The van der Waals surface area contributed by atoms with Crippen LogP contribution in [0.25, 0.3) is 21.9 Å². The van der Waals surface area contributed by atoms with Gasteiger partial charge in [-0.15, -0.1) is 0 Å². The lowest BCUT2D eigenvalue weighted by Crippen LogP contribution is -2.14. The van der Waals surface area contributed by atoms with Crippen molar-refractivity contribution in [2.45, 2.75) is 26.5 Å². The molecule has 7 heteroatoms. The summed E-state index contributed by atoms with van der Waals surface area (Å²) in [6.07, 6.45) is 0. The van der Waals surface area contributed by atoms with E-state index in [4.69, 9.17) is 20.3 Å². The number of aryl methyl sites for hydroxylation is 1. The summed E-state index contributed by atoms with van der Waals surface area (Å²) in [5.74, 6) is 0. The zero-order valence-electron chi connectivity index (χ0n) is 21.0. The molecule has 0 aliphatic heterocycles. The lowest BCUT2D eigenvalue weighted by atomic mass is 10.1. The average molecular weight is 569 g/mol. The van der Waals surface area contributed by atoms with Gasteiger partial charge in [0, 0.05) is 25.5 Å². The van der Waals surface area contributed by atoms with Crippen LogP contribution in [-0.2, 0) is 13.7 Å². The van der Waals surface area contributed by atoms with E-state index < -0.39 is 20.4 Å². The van der Waals surface area contributed by atoms with Crippen molar-refractivity contribution < 1.29 is 16.5 Å². The first kappa shape index (κ1) is 25.5. The Morgan fingerprint density at radius 2 is 1.13 bits per heavy atom. The van der Waals surface area contributed by atoms with Crippen LogP contribution >= 0.6 is 22.5 Å². The van der Waals surface area contributed by atoms with Crippen molar-refractivity contribution in [1.82, 2.24) is 0 Å². The van der Waals surface area contributed by atoms with E-state index in [1.807, 2.05) is 110 Å². The molecule has 0 spiro atoms. The minimum Gasteiger partial charge on any atom is -0.456 e. The normalized spacial score (nSPS) is 12.5. The molecule has 5 aromatic carbocycles. The first-order valence-corrected chi connectivity index (χ1v) is 15.7. The SMILES string of the molecule is Cc1ccc(S(=O)(=O)OS(c2ccccc2)(c2ccccc2)c2ccc3oc4ccccc4c(=S)c3c2)cc1. The van der Waals surface area contributed by atoms with Crippen LogP contribution in [0.3, 0.4) is 0 Å². The van der Waals surface area contributed by atoms with Gasteiger partial charge in [0.05, 0.1) is 9.41 Å². The Bertz CT molecular complexity index is 1930. The standard InChI is InChI=1S/C32H24O4S3/c1-23-16-18-26(19-17-23)39(33,34)36-38(24-10-4-2-5-11-24,25-12-6-3-7-13-25)27-20-21-31-29(22-27)32(37)28-14-8-9-15-30(28)35-31/h2-22H,1H3. The van der Waals surface area contributed by atoms with Gasteiger partial charge in [-0.2, -0.15) is 8.42 Å². The van der Waals surface area contributed by atoms with Crippen LogP contribution in [-0.4, -0.2) is 8.42 Å². The predicted molar refractivity (Wildman–Crippen MR) is 159 cm³/mol. The summed E-state index contributed by atoms with van der Waals surface area (Å²) < 4.78 is 41.2. The van der Waals surface area contributed by atoms with Crippen LogP contribution in [0, 0.1) is 11.4 Å². The molecule has 0 radical (unpaired) electrons. The highest BCUT2D eigenvalue weighted by Gasteiger charge is 2.38. The second-order valence-electron chi connectivity index (χ2n) is 9.10. The number of benzene rings is 5. The van der Waals surface area contributed by atoms with Crippen molar-refractivity contribution in [3.63, 3.8) is 0 Å². The third-order valence-electron chi connectivity index (χ3n) is 6.53. The largest absolute Gasteiger partial charge is 0.456 e. The molecule has 0 saturated heterocycles. The van der Waals surface area contributed by atoms with E-state index in [0.29, 0.717) is 20.6 Å². The summed E-state index contributed by atoms with van der Waals surface area (Å²) >= 11 is 5.90. The van der Waals surface area contributed by atoms with Crippen LogP contribution in [0.4, 0.5) is 0 Å². The van der Waals surface area contributed by atoms with Crippen LogP contribution in [0.2, 0.25) is 0 Å². The lowest BCUT2D eigenvalue weighted by Gasteiger charge is -2.39. The molecule has 0 bridgehead atoms. The molecule has 0 N–H and O–H groups in total. The van der Waals surface area contributed by atoms with Crippen molar-refractivity contribution in [3.05, 3.63) is 137 Å². The summed E-state index contributed by atoms with van der Waals surface area (Å²) in [7, 11) is -6.98. The second kappa shape index (κ2) is 10.1. The number of hydrogen-bond acceptors (Lipinski definition) is 5. The van der Waals surface area contributed by atoms with Gasteiger partial charge in [0.15, 0.2) is 0 Å². The fourth-order valence-electron chi connectivity index (χ4n) is 4.59. The molecule has 0 unspecified atom stereocenters.